The molecule has 1 aliphatic heterocycles. The number of carbonyl (C=O) groups is 2. The molecule has 2 rings (SSSR count). The number of hydrogen-bond donors (Lipinski definition) is 0. The van der Waals surface area contributed by atoms with Crippen LogP contribution in [0, 0.1) is 5.92 Å². The molecule has 1 atom stereocenters. The summed E-state index contributed by atoms with van der Waals surface area (Å²) < 4.78 is 5.11. The van der Waals surface area contributed by atoms with Crippen molar-refractivity contribution in [3.05, 3.63) is 29.8 Å². The van der Waals surface area contributed by atoms with E-state index in [9.17, 15) is 9.59 Å². The summed E-state index contributed by atoms with van der Waals surface area (Å²) in [6.45, 7) is 2.12. The number of nitrogens with zero attached hydrogens (tertiary/aromatic N) is 1. The monoisotopic (exact) mass is 233 g/mol. The van der Waals surface area contributed by atoms with E-state index in [2.05, 4.69) is 0 Å². The van der Waals surface area contributed by atoms with Gasteiger partial charge in [0.25, 0.3) is 0 Å². The van der Waals surface area contributed by atoms with E-state index in [1.54, 1.807) is 14.0 Å². The number of hydrogen-bond acceptors (Lipinski definition) is 3. The minimum absolute atomic E-state index is 0.0854. The van der Waals surface area contributed by atoms with Gasteiger partial charge < -0.3 is 4.74 Å². The van der Waals surface area contributed by atoms with Gasteiger partial charge in [-0.1, -0.05) is 19.1 Å². The SMILES string of the molecule is COc1cccc(CN2C(=O)C[C@@H](C)C2=O)c1. The maximum Gasteiger partial charge on any atom is 0.232 e. The summed E-state index contributed by atoms with van der Waals surface area (Å²) in [4.78, 5) is 24.7. The highest BCUT2D eigenvalue weighted by atomic mass is 16.5. The predicted octanol–water partition coefficient (Wildman–Crippen LogP) is 1.59. The van der Waals surface area contributed by atoms with Crippen LogP contribution in [0.4, 0.5) is 0 Å². The molecule has 90 valence electrons. The number of benzene rings is 1. The Morgan fingerprint density at radius 1 is 1.41 bits per heavy atom. The first kappa shape index (κ1) is 11.6. The van der Waals surface area contributed by atoms with Crippen LogP contribution in [0.5, 0.6) is 5.75 Å². The largest absolute Gasteiger partial charge is 0.497 e. The Hall–Kier alpha value is -1.84. The second-order valence-electron chi connectivity index (χ2n) is 4.27. The average molecular weight is 233 g/mol. The number of methoxy groups -OCH3 is 1. The normalized spacial score (nSPS) is 19.9. The molecule has 0 unspecified atom stereocenters. The van der Waals surface area contributed by atoms with Gasteiger partial charge in [0, 0.05) is 12.3 Å². The molecule has 0 N–H and O–H groups in total. The first-order valence-corrected chi connectivity index (χ1v) is 5.59. The Bertz CT molecular complexity index is 456. The summed E-state index contributed by atoms with van der Waals surface area (Å²) in [7, 11) is 1.59. The maximum absolute atomic E-state index is 11.7. The standard InChI is InChI=1S/C13H15NO3/c1-9-6-12(15)14(13(9)16)8-10-4-3-5-11(7-10)17-2/h3-5,7,9H,6,8H2,1-2H3/t9-/m1/s1. The summed E-state index contributed by atoms with van der Waals surface area (Å²) in [6.07, 6.45) is 0.322. The first-order chi connectivity index (χ1) is 8.11. The lowest BCUT2D eigenvalue weighted by Gasteiger charge is -2.14. The third kappa shape index (κ3) is 2.30. The van der Waals surface area contributed by atoms with E-state index in [0.29, 0.717) is 13.0 Å². The van der Waals surface area contributed by atoms with Crippen LogP contribution in [0.15, 0.2) is 24.3 Å². The van der Waals surface area contributed by atoms with E-state index in [1.165, 1.54) is 4.90 Å². The molecule has 1 saturated heterocycles. The highest BCUT2D eigenvalue weighted by molar-refractivity contribution is 6.03. The molecule has 0 saturated carbocycles. The molecule has 2 amide bonds. The summed E-state index contributed by atoms with van der Waals surface area (Å²) in [5.74, 6) is 0.367. The zero-order valence-electron chi connectivity index (χ0n) is 9.97. The van der Waals surface area contributed by atoms with Crippen LogP contribution in [0.2, 0.25) is 0 Å². The molecule has 0 radical (unpaired) electrons. The summed E-state index contributed by atoms with van der Waals surface area (Å²) >= 11 is 0. The first-order valence-electron chi connectivity index (χ1n) is 5.59. The van der Waals surface area contributed by atoms with Gasteiger partial charge in [-0.05, 0) is 17.7 Å². The van der Waals surface area contributed by atoms with Crippen molar-refractivity contribution in [2.75, 3.05) is 7.11 Å². The molecule has 1 aliphatic rings. The molecule has 0 aliphatic carbocycles. The minimum atomic E-state index is -0.187. The molecule has 1 aromatic rings. The van der Waals surface area contributed by atoms with Crippen molar-refractivity contribution in [3.63, 3.8) is 0 Å². The molecule has 4 heteroatoms. The van der Waals surface area contributed by atoms with Gasteiger partial charge >= 0.3 is 0 Å². The quantitative estimate of drug-likeness (QED) is 0.745. The van der Waals surface area contributed by atoms with Crippen molar-refractivity contribution < 1.29 is 14.3 Å². The van der Waals surface area contributed by atoms with Crippen LogP contribution in [-0.4, -0.2) is 23.8 Å². The minimum Gasteiger partial charge on any atom is -0.497 e. The van der Waals surface area contributed by atoms with Crippen LogP contribution in [0.25, 0.3) is 0 Å². The van der Waals surface area contributed by atoms with E-state index in [-0.39, 0.29) is 17.7 Å². The van der Waals surface area contributed by atoms with Crippen molar-refractivity contribution in [2.24, 2.45) is 5.92 Å². The summed E-state index contributed by atoms with van der Waals surface area (Å²) in [5, 5.41) is 0. The average Bonchev–Trinajstić information content (AvgIpc) is 2.56. The Morgan fingerprint density at radius 2 is 2.18 bits per heavy atom. The smallest absolute Gasteiger partial charge is 0.232 e. The van der Waals surface area contributed by atoms with E-state index < -0.39 is 0 Å². The molecular weight excluding hydrogens is 218 g/mol. The van der Waals surface area contributed by atoms with Crippen LogP contribution >= 0.6 is 0 Å². The lowest BCUT2D eigenvalue weighted by molar-refractivity contribution is -0.139. The maximum atomic E-state index is 11.7. The molecular formula is C13H15NO3. The fourth-order valence-corrected chi connectivity index (χ4v) is 1.97. The summed E-state index contributed by atoms with van der Waals surface area (Å²) in [6, 6.07) is 7.40. The van der Waals surface area contributed by atoms with Crippen LogP contribution in [-0.2, 0) is 16.1 Å². The van der Waals surface area contributed by atoms with Gasteiger partial charge in [-0.2, -0.15) is 0 Å². The van der Waals surface area contributed by atoms with Gasteiger partial charge in [0.2, 0.25) is 11.8 Å². The van der Waals surface area contributed by atoms with Crippen molar-refractivity contribution >= 4 is 11.8 Å². The molecule has 0 bridgehead atoms. The zero-order valence-corrected chi connectivity index (χ0v) is 9.97. The third-order valence-corrected chi connectivity index (χ3v) is 2.94. The lowest BCUT2D eigenvalue weighted by atomic mass is 10.1. The third-order valence-electron chi connectivity index (χ3n) is 2.94. The van der Waals surface area contributed by atoms with Crippen LogP contribution < -0.4 is 4.74 Å². The topological polar surface area (TPSA) is 46.6 Å². The fraction of sp³-hybridized carbons (Fsp3) is 0.385. The number of amides is 2. The van der Waals surface area contributed by atoms with Crippen molar-refractivity contribution in [3.8, 4) is 5.75 Å². The number of ether oxygens (including phenoxy) is 1. The molecule has 4 nitrogen and oxygen atoms in total. The number of imide groups is 1. The Labute approximate surface area is 100 Å². The van der Waals surface area contributed by atoms with Gasteiger partial charge in [0.05, 0.1) is 13.7 Å². The van der Waals surface area contributed by atoms with E-state index in [1.807, 2.05) is 24.3 Å². The van der Waals surface area contributed by atoms with Crippen molar-refractivity contribution in [2.45, 2.75) is 19.9 Å². The van der Waals surface area contributed by atoms with E-state index in [0.717, 1.165) is 11.3 Å². The highest BCUT2D eigenvalue weighted by Crippen LogP contribution is 2.22. The highest BCUT2D eigenvalue weighted by Gasteiger charge is 2.35. The number of likely N-dealkylation sites (tertiary alicyclic amines) is 1. The van der Waals surface area contributed by atoms with Gasteiger partial charge in [0.1, 0.15) is 5.75 Å². The molecule has 1 heterocycles. The Morgan fingerprint density at radius 3 is 2.76 bits per heavy atom. The second kappa shape index (κ2) is 4.57. The van der Waals surface area contributed by atoms with Gasteiger partial charge in [-0.15, -0.1) is 0 Å². The van der Waals surface area contributed by atoms with Gasteiger partial charge in [-0.25, -0.2) is 0 Å². The van der Waals surface area contributed by atoms with E-state index in [4.69, 9.17) is 4.74 Å². The molecule has 0 spiro atoms. The van der Waals surface area contributed by atoms with Crippen LogP contribution in [0.1, 0.15) is 18.9 Å². The lowest BCUT2D eigenvalue weighted by Crippen LogP contribution is -2.29. The van der Waals surface area contributed by atoms with Crippen molar-refractivity contribution in [1.82, 2.24) is 4.90 Å². The van der Waals surface area contributed by atoms with E-state index >= 15 is 0 Å². The zero-order chi connectivity index (χ0) is 12.4. The Balaban J connectivity index is 2.15. The van der Waals surface area contributed by atoms with Gasteiger partial charge in [0.15, 0.2) is 0 Å². The van der Waals surface area contributed by atoms with Crippen LogP contribution in [0.3, 0.4) is 0 Å². The summed E-state index contributed by atoms with van der Waals surface area (Å²) in [5.41, 5.74) is 0.903. The fourth-order valence-electron chi connectivity index (χ4n) is 1.97. The second-order valence-corrected chi connectivity index (χ2v) is 4.27. The molecule has 17 heavy (non-hydrogen) atoms. The van der Waals surface area contributed by atoms with Crippen molar-refractivity contribution in [1.29, 1.82) is 0 Å². The predicted molar refractivity (Wildman–Crippen MR) is 62.3 cm³/mol. The van der Waals surface area contributed by atoms with Gasteiger partial charge in [-0.3, -0.25) is 14.5 Å². The molecule has 1 fully saturated rings. The molecule has 1 aromatic carbocycles. The number of rotatable bonds is 3. The Kier molecular flexibility index (Phi) is 3.13. The number of carbonyl (C=O) groups excluding carboxylic acids is 2. The molecule has 0 aromatic heterocycles.